The maximum Gasteiger partial charge on any atom is 0.420 e. The molecule has 1 saturated heterocycles. The number of fused-ring (bicyclic) bond motifs is 1. The Morgan fingerprint density at radius 1 is 1.08 bits per heavy atom. The SMILES string of the molecule is O=C(Cn1c(=O)oc2ccccc21)N1CCN(C2CCCC2)CC1. The summed E-state index contributed by atoms with van der Waals surface area (Å²) in [4.78, 5) is 29.0. The van der Waals surface area contributed by atoms with Crippen molar-refractivity contribution in [3.8, 4) is 0 Å². The van der Waals surface area contributed by atoms with Crippen LogP contribution in [-0.4, -0.2) is 52.5 Å². The van der Waals surface area contributed by atoms with Gasteiger partial charge in [-0.3, -0.25) is 14.3 Å². The van der Waals surface area contributed by atoms with Crippen LogP contribution in [0.5, 0.6) is 0 Å². The molecule has 1 aliphatic heterocycles. The standard InChI is InChI=1S/C18H23N3O3/c22-17(13-21-15-7-3-4-8-16(15)24-18(21)23)20-11-9-19(10-12-20)14-5-1-2-6-14/h3-4,7-8,14H,1-2,5-6,9-13H2. The molecule has 128 valence electrons. The van der Waals surface area contributed by atoms with Crippen molar-refractivity contribution in [2.75, 3.05) is 26.2 Å². The number of oxazole rings is 1. The fourth-order valence-electron chi connectivity index (χ4n) is 4.00. The Hall–Kier alpha value is -2.08. The second kappa shape index (κ2) is 6.43. The molecule has 1 aliphatic carbocycles. The molecule has 0 bridgehead atoms. The van der Waals surface area contributed by atoms with E-state index in [0.717, 1.165) is 26.2 Å². The lowest BCUT2D eigenvalue weighted by Crippen LogP contribution is -2.52. The highest BCUT2D eigenvalue weighted by molar-refractivity contribution is 5.79. The van der Waals surface area contributed by atoms with Crippen molar-refractivity contribution >= 4 is 17.0 Å². The fourth-order valence-corrected chi connectivity index (χ4v) is 4.00. The van der Waals surface area contributed by atoms with E-state index >= 15 is 0 Å². The Labute approximate surface area is 140 Å². The maximum absolute atomic E-state index is 12.6. The summed E-state index contributed by atoms with van der Waals surface area (Å²) >= 11 is 0. The van der Waals surface area contributed by atoms with E-state index in [1.807, 2.05) is 23.1 Å². The molecule has 2 aliphatic rings. The minimum Gasteiger partial charge on any atom is -0.408 e. The van der Waals surface area contributed by atoms with Crippen molar-refractivity contribution in [3.05, 3.63) is 34.8 Å². The van der Waals surface area contributed by atoms with Gasteiger partial charge in [0.1, 0.15) is 6.54 Å². The Morgan fingerprint density at radius 3 is 2.54 bits per heavy atom. The van der Waals surface area contributed by atoms with Crippen LogP contribution in [-0.2, 0) is 11.3 Å². The van der Waals surface area contributed by atoms with Crippen LogP contribution < -0.4 is 5.76 Å². The Morgan fingerprint density at radius 2 is 1.79 bits per heavy atom. The van der Waals surface area contributed by atoms with E-state index < -0.39 is 5.76 Å². The largest absolute Gasteiger partial charge is 0.420 e. The number of carbonyl (C=O) groups is 1. The normalized spacial score (nSPS) is 20.1. The predicted octanol–water partition coefficient (Wildman–Crippen LogP) is 1.68. The van der Waals surface area contributed by atoms with Crippen molar-refractivity contribution in [3.63, 3.8) is 0 Å². The van der Waals surface area contributed by atoms with Gasteiger partial charge in [0.25, 0.3) is 0 Å². The van der Waals surface area contributed by atoms with Gasteiger partial charge in [-0.2, -0.15) is 0 Å². The van der Waals surface area contributed by atoms with Gasteiger partial charge >= 0.3 is 5.76 Å². The first-order valence-electron chi connectivity index (χ1n) is 8.82. The summed E-state index contributed by atoms with van der Waals surface area (Å²) in [6.07, 6.45) is 5.26. The topological polar surface area (TPSA) is 58.7 Å². The summed E-state index contributed by atoms with van der Waals surface area (Å²) in [7, 11) is 0. The van der Waals surface area contributed by atoms with Gasteiger partial charge in [0.15, 0.2) is 5.58 Å². The number of nitrogens with zero attached hydrogens (tertiary/aromatic N) is 3. The van der Waals surface area contributed by atoms with Gasteiger partial charge in [-0.15, -0.1) is 0 Å². The molecule has 0 spiro atoms. The molecular weight excluding hydrogens is 306 g/mol. The minimum atomic E-state index is -0.464. The third-order valence-electron chi connectivity index (χ3n) is 5.38. The number of amides is 1. The van der Waals surface area contributed by atoms with Gasteiger partial charge in [0, 0.05) is 32.2 Å². The number of hydrogen-bond acceptors (Lipinski definition) is 4. The first-order valence-corrected chi connectivity index (χ1v) is 8.82. The van der Waals surface area contributed by atoms with Crippen LogP contribution in [0, 0.1) is 0 Å². The number of aromatic nitrogens is 1. The van der Waals surface area contributed by atoms with E-state index in [9.17, 15) is 9.59 Å². The molecule has 6 heteroatoms. The van der Waals surface area contributed by atoms with Crippen LogP contribution in [0.3, 0.4) is 0 Å². The molecule has 0 unspecified atom stereocenters. The molecule has 2 aromatic rings. The van der Waals surface area contributed by atoms with Crippen LogP contribution in [0.25, 0.3) is 11.1 Å². The van der Waals surface area contributed by atoms with Gasteiger partial charge in [0.05, 0.1) is 5.52 Å². The van der Waals surface area contributed by atoms with Gasteiger partial charge in [-0.1, -0.05) is 25.0 Å². The number of benzene rings is 1. The van der Waals surface area contributed by atoms with E-state index in [1.165, 1.54) is 30.3 Å². The minimum absolute atomic E-state index is 0.00488. The molecule has 1 aromatic carbocycles. The zero-order valence-corrected chi connectivity index (χ0v) is 13.8. The summed E-state index contributed by atoms with van der Waals surface area (Å²) in [6, 6.07) is 7.93. The second-order valence-electron chi connectivity index (χ2n) is 6.78. The highest BCUT2D eigenvalue weighted by Gasteiger charge is 2.28. The van der Waals surface area contributed by atoms with Crippen molar-refractivity contribution in [2.24, 2.45) is 0 Å². The van der Waals surface area contributed by atoms with E-state index in [2.05, 4.69) is 4.90 Å². The Kier molecular flexibility index (Phi) is 4.14. The van der Waals surface area contributed by atoms with Gasteiger partial charge in [-0.05, 0) is 25.0 Å². The highest BCUT2D eigenvalue weighted by Crippen LogP contribution is 2.24. The lowest BCUT2D eigenvalue weighted by atomic mass is 10.2. The van der Waals surface area contributed by atoms with Crippen molar-refractivity contribution < 1.29 is 9.21 Å². The molecule has 2 heterocycles. The molecule has 4 rings (SSSR count). The van der Waals surface area contributed by atoms with Crippen LogP contribution in [0.2, 0.25) is 0 Å². The van der Waals surface area contributed by atoms with E-state index in [-0.39, 0.29) is 12.5 Å². The van der Waals surface area contributed by atoms with Crippen molar-refractivity contribution in [2.45, 2.75) is 38.3 Å². The lowest BCUT2D eigenvalue weighted by molar-refractivity contribution is -0.133. The zero-order chi connectivity index (χ0) is 16.5. The van der Waals surface area contributed by atoms with Crippen LogP contribution in [0.15, 0.2) is 33.5 Å². The van der Waals surface area contributed by atoms with E-state index in [4.69, 9.17) is 4.42 Å². The molecule has 1 amide bonds. The first-order chi connectivity index (χ1) is 11.7. The highest BCUT2D eigenvalue weighted by atomic mass is 16.4. The summed E-state index contributed by atoms with van der Waals surface area (Å²) < 4.78 is 6.63. The maximum atomic E-state index is 12.6. The first kappa shape index (κ1) is 15.4. The molecule has 1 aromatic heterocycles. The molecule has 24 heavy (non-hydrogen) atoms. The molecule has 2 fully saturated rings. The number of carbonyl (C=O) groups excluding carboxylic acids is 1. The summed E-state index contributed by atoms with van der Waals surface area (Å²) in [6.45, 7) is 3.44. The monoisotopic (exact) mass is 329 g/mol. The summed E-state index contributed by atoms with van der Waals surface area (Å²) in [5, 5.41) is 0. The Bertz CT molecular complexity index is 780. The average Bonchev–Trinajstić information content (AvgIpc) is 3.24. The Balaban J connectivity index is 1.41. The molecule has 1 saturated carbocycles. The van der Waals surface area contributed by atoms with Crippen molar-refractivity contribution in [1.82, 2.24) is 14.4 Å². The molecule has 6 nitrogen and oxygen atoms in total. The number of piperazine rings is 1. The van der Waals surface area contributed by atoms with Gasteiger partial charge in [-0.25, -0.2) is 4.79 Å². The predicted molar refractivity (Wildman–Crippen MR) is 90.9 cm³/mol. The quantitative estimate of drug-likeness (QED) is 0.860. The third kappa shape index (κ3) is 2.86. The molecule has 0 N–H and O–H groups in total. The van der Waals surface area contributed by atoms with Gasteiger partial charge < -0.3 is 9.32 Å². The fraction of sp³-hybridized carbons (Fsp3) is 0.556. The second-order valence-corrected chi connectivity index (χ2v) is 6.78. The van der Waals surface area contributed by atoms with E-state index in [0.29, 0.717) is 17.1 Å². The summed E-state index contributed by atoms with van der Waals surface area (Å²) in [5.74, 6) is -0.469. The number of hydrogen-bond donors (Lipinski definition) is 0. The van der Waals surface area contributed by atoms with Crippen LogP contribution >= 0.6 is 0 Å². The lowest BCUT2D eigenvalue weighted by Gasteiger charge is -2.38. The molecule has 0 radical (unpaired) electrons. The average molecular weight is 329 g/mol. The van der Waals surface area contributed by atoms with Crippen molar-refractivity contribution in [1.29, 1.82) is 0 Å². The van der Waals surface area contributed by atoms with Crippen LogP contribution in [0.4, 0.5) is 0 Å². The van der Waals surface area contributed by atoms with Gasteiger partial charge in [0.2, 0.25) is 5.91 Å². The third-order valence-corrected chi connectivity index (χ3v) is 5.38. The number of rotatable bonds is 3. The zero-order valence-electron chi connectivity index (χ0n) is 13.8. The van der Waals surface area contributed by atoms with E-state index in [1.54, 1.807) is 6.07 Å². The van der Waals surface area contributed by atoms with Crippen LogP contribution in [0.1, 0.15) is 25.7 Å². The summed E-state index contributed by atoms with van der Waals surface area (Å²) in [5.41, 5.74) is 1.21. The number of para-hydroxylation sites is 2. The molecule has 0 atom stereocenters. The molecular formula is C18H23N3O3. The smallest absolute Gasteiger partial charge is 0.408 e.